The summed E-state index contributed by atoms with van der Waals surface area (Å²) in [5.74, 6) is 0. The van der Waals surface area contributed by atoms with Crippen LogP contribution < -0.4 is 10.2 Å². The van der Waals surface area contributed by atoms with Gasteiger partial charge in [-0.05, 0) is 38.7 Å². The van der Waals surface area contributed by atoms with Crippen LogP contribution in [0.2, 0.25) is 0 Å². The van der Waals surface area contributed by atoms with E-state index in [1.165, 1.54) is 11.3 Å². The highest BCUT2D eigenvalue weighted by Crippen LogP contribution is 2.28. The highest BCUT2D eigenvalue weighted by molar-refractivity contribution is 9.10. The van der Waals surface area contributed by atoms with E-state index in [1.807, 2.05) is 7.05 Å². The van der Waals surface area contributed by atoms with Gasteiger partial charge in [-0.25, -0.2) is 0 Å². The maximum absolute atomic E-state index is 3.59. The Labute approximate surface area is 118 Å². The second-order valence-electron chi connectivity index (χ2n) is 5.11. The van der Waals surface area contributed by atoms with Crippen LogP contribution in [-0.4, -0.2) is 44.7 Å². The molecule has 1 unspecified atom stereocenters. The van der Waals surface area contributed by atoms with Gasteiger partial charge in [-0.2, -0.15) is 0 Å². The van der Waals surface area contributed by atoms with Crippen LogP contribution in [0.4, 0.5) is 5.69 Å². The second kappa shape index (κ2) is 6.04. The number of benzene rings is 1. The molecule has 3 nitrogen and oxygen atoms in total. The molecule has 0 saturated carbocycles. The highest BCUT2D eigenvalue weighted by atomic mass is 79.9. The average Bonchev–Trinajstić information content (AvgIpc) is 2.32. The Kier molecular flexibility index (Phi) is 4.65. The highest BCUT2D eigenvalue weighted by Gasteiger charge is 2.23. The Hall–Kier alpha value is -0.580. The largest absolute Gasteiger partial charge is 0.366 e. The molecule has 0 aromatic heterocycles. The number of likely N-dealkylation sites (N-methyl/N-ethyl adjacent to an activating group) is 1. The topological polar surface area (TPSA) is 18.5 Å². The summed E-state index contributed by atoms with van der Waals surface area (Å²) in [5, 5.41) is 3.25. The molecule has 0 radical (unpaired) electrons. The van der Waals surface area contributed by atoms with Crippen molar-refractivity contribution >= 4 is 21.6 Å². The van der Waals surface area contributed by atoms with E-state index in [4.69, 9.17) is 0 Å². The molecule has 4 heteroatoms. The van der Waals surface area contributed by atoms with Crippen LogP contribution >= 0.6 is 15.9 Å². The van der Waals surface area contributed by atoms with Gasteiger partial charge in [0.1, 0.15) is 0 Å². The van der Waals surface area contributed by atoms with Crippen molar-refractivity contribution in [3.05, 3.63) is 28.2 Å². The molecule has 1 aromatic rings. The molecule has 2 rings (SSSR count). The lowest BCUT2D eigenvalue weighted by Crippen LogP contribution is -2.50. The fourth-order valence-electron chi connectivity index (χ4n) is 2.64. The Morgan fingerprint density at radius 2 is 2.17 bits per heavy atom. The quantitative estimate of drug-likeness (QED) is 0.924. The molecular weight excluding hydrogens is 290 g/mol. The molecule has 1 N–H and O–H groups in total. The fraction of sp³-hybridized carbons (Fsp3) is 0.571. The Morgan fingerprint density at radius 3 is 2.83 bits per heavy atom. The number of halogens is 1. The van der Waals surface area contributed by atoms with Crippen molar-refractivity contribution in [2.45, 2.75) is 19.5 Å². The van der Waals surface area contributed by atoms with Gasteiger partial charge in [0.05, 0.1) is 0 Å². The Morgan fingerprint density at radius 1 is 1.39 bits per heavy atom. The van der Waals surface area contributed by atoms with Crippen LogP contribution in [0, 0.1) is 0 Å². The lowest BCUT2D eigenvalue weighted by atomic mass is 10.1. The second-order valence-corrected chi connectivity index (χ2v) is 6.02. The van der Waals surface area contributed by atoms with Crippen LogP contribution in [0.3, 0.4) is 0 Å². The van der Waals surface area contributed by atoms with Gasteiger partial charge in [-0.15, -0.1) is 0 Å². The third-order valence-corrected chi connectivity index (χ3v) is 4.05. The van der Waals surface area contributed by atoms with Gasteiger partial charge >= 0.3 is 0 Å². The van der Waals surface area contributed by atoms with E-state index in [1.54, 1.807) is 0 Å². The molecule has 0 aliphatic carbocycles. The van der Waals surface area contributed by atoms with E-state index in [2.05, 4.69) is 63.2 Å². The van der Waals surface area contributed by atoms with Gasteiger partial charge in [-0.3, -0.25) is 0 Å². The summed E-state index contributed by atoms with van der Waals surface area (Å²) in [5.41, 5.74) is 2.73. The Bertz CT molecular complexity index is 408. The van der Waals surface area contributed by atoms with Gasteiger partial charge in [0.25, 0.3) is 0 Å². The average molecular weight is 312 g/mol. The van der Waals surface area contributed by atoms with Crippen molar-refractivity contribution in [2.75, 3.05) is 38.6 Å². The molecule has 18 heavy (non-hydrogen) atoms. The molecule has 1 aliphatic heterocycles. The zero-order chi connectivity index (χ0) is 13.1. The third-order valence-electron chi connectivity index (χ3n) is 3.55. The maximum Gasteiger partial charge on any atom is 0.0426 e. The monoisotopic (exact) mass is 311 g/mol. The van der Waals surface area contributed by atoms with Crippen LogP contribution in [0.5, 0.6) is 0 Å². The van der Waals surface area contributed by atoms with E-state index in [0.717, 1.165) is 30.7 Å². The minimum Gasteiger partial charge on any atom is -0.366 e. The first-order chi connectivity index (χ1) is 8.61. The summed E-state index contributed by atoms with van der Waals surface area (Å²) >= 11 is 3.59. The predicted octanol–water partition coefficient (Wildman–Crippen LogP) is 2.31. The van der Waals surface area contributed by atoms with E-state index >= 15 is 0 Å². The smallest absolute Gasteiger partial charge is 0.0426 e. The minimum absolute atomic E-state index is 0.564. The number of nitrogens with zero attached hydrogens (tertiary/aromatic N) is 2. The molecular formula is C14H22BrN3. The molecule has 0 spiro atoms. The first-order valence-corrected chi connectivity index (χ1v) is 7.29. The van der Waals surface area contributed by atoms with Crippen LogP contribution in [0.1, 0.15) is 12.5 Å². The third kappa shape index (κ3) is 3.05. The molecule has 1 atom stereocenters. The number of nitrogens with one attached hydrogen (secondary N) is 1. The van der Waals surface area contributed by atoms with E-state index < -0.39 is 0 Å². The number of anilines is 1. The molecule has 1 heterocycles. The van der Waals surface area contributed by atoms with Crippen molar-refractivity contribution in [1.29, 1.82) is 0 Å². The van der Waals surface area contributed by atoms with Crippen LogP contribution in [0.25, 0.3) is 0 Å². The normalized spacial score (nSPS) is 21.3. The SMILES string of the molecule is CNCc1ccc(Br)cc1N1CCN(C)CC1C. The molecule has 0 bridgehead atoms. The van der Waals surface area contributed by atoms with Crippen molar-refractivity contribution in [2.24, 2.45) is 0 Å². The molecule has 1 saturated heterocycles. The van der Waals surface area contributed by atoms with Crippen molar-refractivity contribution < 1.29 is 0 Å². The number of hydrogen-bond donors (Lipinski definition) is 1. The molecule has 1 fully saturated rings. The summed E-state index contributed by atoms with van der Waals surface area (Å²) in [6, 6.07) is 7.14. The summed E-state index contributed by atoms with van der Waals surface area (Å²) in [6.45, 7) is 6.59. The molecule has 1 aliphatic rings. The lowest BCUT2D eigenvalue weighted by molar-refractivity contribution is 0.275. The first-order valence-electron chi connectivity index (χ1n) is 6.50. The summed E-state index contributed by atoms with van der Waals surface area (Å²) < 4.78 is 1.16. The maximum atomic E-state index is 3.59. The predicted molar refractivity (Wildman–Crippen MR) is 81.2 cm³/mol. The summed E-state index contributed by atoms with van der Waals surface area (Å²) in [4.78, 5) is 4.92. The zero-order valence-electron chi connectivity index (χ0n) is 11.4. The zero-order valence-corrected chi connectivity index (χ0v) is 13.0. The van der Waals surface area contributed by atoms with Crippen molar-refractivity contribution in [3.63, 3.8) is 0 Å². The number of rotatable bonds is 3. The van der Waals surface area contributed by atoms with E-state index in [-0.39, 0.29) is 0 Å². The fourth-order valence-corrected chi connectivity index (χ4v) is 2.99. The molecule has 0 amide bonds. The standard InChI is InChI=1S/C14H22BrN3/c1-11-10-17(3)6-7-18(11)14-8-13(15)5-4-12(14)9-16-2/h4-5,8,11,16H,6-7,9-10H2,1-3H3. The van der Waals surface area contributed by atoms with Crippen molar-refractivity contribution in [1.82, 2.24) is 10.2 Å². The summed E-state index contributed by atoms with van der Waals surface area (Å²) in [6.07, 6.45) is 0. The number of piperazine rings is 1. The minimum atomic E-state index is 0.564. The summed E-state index contributed by atoms with van der Waals surface area (Å²) in [7, 11) is 4.20. The van der Waals surface area contributed by atoms with Gasteiger partial charge in [0.2, 0.25) is 0 Å². The van der Waals surface area contributed by atoms with Gasteiger partial charge in [0, 0.05) is 42.4 Å². The molecule has 1 aromatic carbocycles. The van der Waals surface area contributed by atoms with E-state index in [0.29, 0.717) is 6.04 Å². The van der Waals surface area contributed by atoms with Gasteiger partial charge < -0.3 is 15.1 Å². The van der Waals surface area contributed by atoms with E-state index in [9.17, 15) is 0 Å². The van der Waals surface area contributed by atoms with Crippen LogP contribution in [-0.2, 0) is 6.54 Å². The van der Waals surface area contributed by atoms with Crippen molar-refractivity contribution in [3.8, 4) is 0 Å². The number of hydrogen-bond acceptors (Lipinski definition) is 3. The van der Waals surface area contributed by atoms with Gasteiger partial charge in [-0.1, -0.05) is 22.0 Å². The molecule has 100 valence electrons. The van der Waals surface area contributed by atoms with Crippen LogP contribution in [0.15, 0.2) is 22.7 Å². The Balaban J connectivity index is 2.28. The first kappa shape index (κ1) is 13.8. The van der Waals surface area contributed by atoms with Gasteiger partial charge in [0.15, 0.2) is 0 Å². The lowest BCUT2D eigenvalue weighted by Gasteiger charge is -2.40.